The third kappa shape index (κ3) is 5.27. The number of hydrogen-bond acceptors (Lipinski definition) is 4. The standard InChI is InChI=1S/C17H20N4OS/c1-21(2)15-9-7-13(8-10-15)12-18-20-17(23)19-14-5-4-6-16(11-14)22-3/h4-12H,1-3H3,(H2,19,20,23)/b18-12+. The van der Waals surface area contributed by atoms with Gasteiger partial charge in [-0.25, -0.2) is 0 Å². The molecule has 0 radical (unpaired) electrons. The van der Waals surface area contributed by atoms with Gasteiger partial charge in [0.15, 0.2) is 5.11 Å². The summed E-state index contributed by atoms with van der Waals surface area (Å²) in [6, 6.07) is 15.6. The number of nitrogens with zero attached hydrogens (tertiary/aromatic N) is 2. The van der Waals surface area contributed by atoms with Crippen LogP contribution < -0.4 is 20.4 Å². The topological polar surface area (TPSA) is 48.9 Å². The average Bonchev–Trinajstić information content (AvgIpc) is 2.55. The van der Waals surface area contributed by atoms with E-state index in [9.17, 15) is 0 Å². The van der Waals surface area contributed by atoms with E-state index in [0.29, 0.717) is 5.11 Å². The molecule has 0 atom stereocenters. The van der Waals surface area contributed by atoms with Crippen molar-refractivity contribution in [2.24, 2.45) is 5.10 Å². The maximum absolute atomic E-state index is 5.20. The first-order valence-electron chi connectivity index (χ1n) is 7.10. The van der Waals surface area contributed by atoms with Crippen LogP contribution in [-0.4, -0.2) is 32.5 Å². The second-order valence-corrected chi connectivity index (χ2v) is 5.45. The predicted octanol–water partition coefficient (Wildman–Crippen LogP) is 3.08. The molecule has 2 rings (SSSR count). The van der Waals surface area contributed by atoms with E-state index in [4.69, 9.17) is 17.0 Å². The number of ether oxygens (including phenoxy) is 1. The van der Waals surface area contributed by atoms with Gasteiger partial charge >= 0.3 is 0 Å². The molecule has 23 heavy (non-hydrogen) atoms. The third-order valence-corrected chi connectivity index (χ3v) is 3.31. The van der Waals surface area contributed by atoms with E-state index >= 15 is 0 Å². The Morgan fingerprint density at radius 3 is 2.57 bits per heavy atom. The van der Waals surface area contributed by atoms with E-state index in [2.05, 4.69) is 15.8 Å². The molecule has 0 fully saturated rings. The minimum atomic E-state index is 0.416. The molecule has 0 aromatic heterocycles. The first-order valence-corrected chi connectivity index (χ1v) is 7.51. The summed E-state index contributed by atoms with van der Waals surface area (Å²) < 4.78 is 5.17. The maximum Gasteiger partial charge on any atom is 0.191 e. The van der Waals surface area contributed by atoms with Gasteiger partial charge in [0.05, 0.1) is 13.3 Å². The van der Waals surface area contributed by atoms with Crippen LogP contribution in [0.3, 0.4) is 0 Å². The van der Waals surface area contributed by atoms with Crippen LogP contribution in [0.5, 0.6) is 5.75 Å². The Kier molecular flexibility index (Phi) is 5.94. The number of benzene rings is 2. The molecular formula is C17H20N4OS. The summed E-state index contributed by atoms with van der Waals surface area (Å²) in [5.41, 5.74) is 5.77. The molecule has 0 aliphatic rings. The Hall–Kier alpha value is -2.60. The number of rotatable bonds is 5. The minimum absolute atomic E-state index is 0.416. The van der Waals surface area contributed by atoms with Gasteiger partial charge in [0.2, 0.25) is 0 Å². The summed E-state index contributed by atoms with van der Waals surface area (Å²) >= 11 is 5.20. The molecule has 120 valence electrons. The van der Waals surface area contributed by atoms with Crippen LogP contribution in [0.2, 0.25) is 0 Å². The third-order valence-electron chi connectivity index (χ3n) is 3.12. The number of hydrogen-bond donors (Lipinski definition) is 2. The van der Waals surface area contributed by atoms with Crippen LogP contribution in [-0.2, 0) is 0 Å². The van der Waals surface area contributed by atoms with Crippen molar-refractivity contribution in [3.05, 3.63) is 54.1 Å². The molecule has 0 heterocycles. The first-order chi connectivity index (χ1) is 11.1. The highest BCUT2D eigenvalue weighted by Crippen LogP contribution is 2.16. The van der Waals surface area contributed by atoms with Gasteiger partial charge in [0.1, 0.15) is 5.75 Å². The van der Waals surface area contributed by atoms with Crippen LogP contribution in [0.15, 0.2) is 53.6 Å². The highest BCUT2D eigenvalue weighted by atomic mass is 32.1. The van der Waals surface area contributed by atoms with Crippen molar-refractivity contribution in [3.63, 3.8) is 0 Å². The minimum Gasteiger partial charge on any atom is -0.497 e. The Morgan fingerprint density at radius 2 is 1.91 bits per heavy atom. The summed E-state index contributed by atoms with van der Waals surface area (Å²) in [4.78, 5) is 2.05. The van der Waals surface area contributed by atoms with Gasteiger partial charge in [-0.1, -0.05) is 18.2 Å². The van der Waals surface area contributed by atoms with E-state index in [1.54, 1.807) is 13.3 Å². The second kappa shape index (κ2) is 8.14. The SMILES string of the molecule is COc1cccc(NC(=S)N/N=C/c2ccc(N(C)C)cc2)c1. The molecule has 0 bridgehead atoms. The maximum atomic E-state index is 5.20. The summed E-state index contributed by atoms with van der Waals surface area (Å²) in [5, 5.41) is 7.59. The summed E-state index contributed by atoms with van der Waals surface area (Å²) in [7, 11) is 5.64. The molecular weight excluding hydrogens is 308 g/mol. The molecule has 0 aliphatic carbocycles. The average molecular weight is 328 g/mol. The number of hydrazone groups is 1. The van der Waals surface area contributed by atoms with Crippen LogP contribution in [0.25, 0.3) is 0 Å². The fraction of sp³-hybridized carbons (Fsp3) is 0.176. The van der Waals surface area contributed by atoms with E-state index in [1.165, 1.54) is 0 Å². The van der Waals surface area contributed by atoms with Crippen molar-refractivity contribution < 1.29 is 4.74 Å². The number of anilines is 2. The van der Waals surface area contributed by atoms with Crippen LogP contribution in [0, 0.1) is 0 Å². The number of nitrogens with one attached hydrogen (secondary N) is 2. The van der Waals surface area contributed by atoms with Crippen molar-refractivity contribution in [1.29, 1.82) is 0 Å². The lowest BCUT2D eigenvalue weighted by Crippen LogP contribution is -2.23. The lowest BCUT2D eigenvalue weighted by Gasteiger charge is -2.11. The molecule has 6 heteroatoms. The summed E-state index contributed by atoms with van der Waals surface area (Å²) in [6.07, 6.45) is 1.72. The molecule has 2 aromatic rings. The van der Waals surface area contributed by atoms with Crippen LogP contribution in [0.4, 0.5) is 11.4 Å². The number of thiocarbonyl (C=S) groups is 1. The quantitative estimate of drug-likeness (QED) is 0.502. The van der Waals surface area contributed by atoms with Crippen molar-refractivity contribution >= 4 is 34.9 Å². The lowest BCUT2D eigenvalue weighted by molar-refractivity contribution is 0.415. The monoisotopic (exact) mass is 328 g/mol. The van der Waals surface area contributed by atoms with Crippen molar-refractivity contribution in [2.45, 2.75) is 0 Å². The molecule has 0 saturated heterocycles. The number of methoxy groups -OCH3 is 1. The molecule has 2 aromatic carbocycles. The van der Waals surface area contributed by atoms with Crippen molar-refractivity contribution in [3.8, 4) is 5.75 Å². The normalized spacial score (nSPS) is 10.4. The van der Waals surface area contributed by atoms with Crippen molar-refractivity contribution in [1.82, 2.24) is 5.43 Å². The fourth-order valence-corrected chi connectivity index (χ4v) is 2.05. The highest BCUT2D eigenvalue weighted by molar-refractivity contribution is 7.80. The molecule has 0 saturated carbocycles. The molecule has 0 unspecified atom stereocenters. The van der Waals surface area contributed by atoms with Gasteiger partial charge in [0.25, 0.3) is 0 Å². The summed E-state index contributed by atoms with van der Waals surface area (Å²) in [5.74, 6) is 0.766. The van der Waals surface area contributed by atoms with Crippen molar-refractivity contribution in [2.75, 3.05) is 31.4 Å². The largest absolute Gasteiger partial charge is 0.497 e. The van der Waals surface area contributed by atoms with E-state index in [1.807, 2.05) is 67.5 Å². The predicted molar refractivity (Wildman–Crippen MR) is 101 cm³/mol. The molecule has 5 nitrogen and oxygen atoms in total. The van der Waals surface area contributed by atoms with Gasteiger partial charge in [-0.2, -0.15) is 5.10 Å². The van der Waals surface area contributed by atoms with E-state index in [-0.39, 0.29) is 0 Å². The van der Waals surface area contributed by atoms with E-state index < -0.39 is 0 Å². The van der Waals surface area contributed by atoms with Gasteiger partial charge in [0, 0.05) is 31.5 Å². The zero-order valence-corrected chi connectivity index (χ0v) is 14.2. The molecule has 0 aliphatic heterocycles. The zero-order chi connectivity index (χ0) is 16.7. The second-order valence-electron chi connectivity index (χ2n) is 5.04. The van der Waals surface area contributed by atoms with Crippen LogP contribution >= 0.6 is 12.2 Å². The fourth-order valence-electron chi connectivity index (χ4n) is 1.88. The Labute approximate surface area is 142 Å². The summed E-state index contributed by atoms with van der Waals surface area (Å²) in [6.45, 7) is 0. The molecule has 0 spiro atoms. The van der Waals surface area contributed by atoms with Crippen LogP contribution in [0.1, 0.15) is 5.56 Å². The Balaban J connectivity index is 1.88. The highest BCUT2D eigenvalue weighted by Gasteiger charge is 1.98. The van der Waals surface area contributed by atoms with Gasteiger partial charge in [-0.15, -0.1) is 0 Å². The molecule has 0 amide bonds. The Bertz CT molecular complexity index is 683. The zero-order valence-electron chi connectivity index (χ0n) is 13.4. The van der Waals surface area contributed by atoms with Gasteiger partial charge in [-0.05, 0) is 42.0 Å². The first kappa shape index (κ1) is 16.8. The smallest absolute Gasteiger partial charge is 0.191 e. The van der Waals surface area contributed by atoms with Gasteiger partial charge in [-0.3, -0.25) is 5.43 Å². The van der Waals surface area contributed by atoms with Gasteiger partial charge < -0.3 is 15.0 Å². The molecule has 2 N–H and O–H groups in total. The Morgan fingerprint density at radius 1 is 1.17 bits per heavy atom. The van der Waals surface area contributed by atoms with E-state index in [0.717, 1.165) is 22.7 Å². The lowest BCUT2D eigenvalue weighted by atomic mass is 10.2.